The lowest BCUT2D eigenvalue weighted by molar-refractivity contribution is -0.121. The fourth-order valence-corrected chi connectivity index (χ4v) is 3.17. The summed E-state index contributed by atoms with van der Waals surface area (Å²) in [5.74, 6) is 0.872. The van der Waals surface area contributed by atoms with E-state index in [0.717, 1.165) is 28.5 Å². The van der Waals surface area contributed by atoms with Crippen LogP contribution >= 0.6 is 0 Å². The summed E-state index contributed by atoms with van der Waals surface area (Å²) in [5.41, 5.74) is 1.60. The molecule has 2 N–H and O–H groups in total. The number of benzene rings is 3. The minimum Gasteiger partial charge on any atom is -0.508 e. The molecule has 0 saturated heterocycles. The molecule has 0 unspecified atom stereocenters. The van der Waals surface area contributed by atoms with E-state index in [2.05, 4.69) is 5.32 Å². The first-order valence-electron chi connectivity index (χ1n) is 8.78. The molecule has 0 saturated carbocycles. The molecule has 0 spiro atoms. The van der Waals surface area contributed by atoms with Crippen LogP contribution in [0.1, 0.15) is 36.9 Å². The Bertz CT molecular complexity index is 903. The van der Waals surface area contributed by atoms with Crippen molar-refractivity contribution in [3.8, 4) is 11.5 Å². The van der Waals surface area contributed by atoms with Gasteiger partial charge in [-0.3, -0.25) is 4.79 Å². The lowest BCUT2D eigenvalue weighted by Gasteiger charge is -2.23. The second kappa shape index (κ2) is 7.91. The average molecular weight is 349 g/mol. The van der Waals surface area contributed by atoms with E-state index in [-0.39, 0.29) is 11.7 Å². The van der Waals surface area contributed by atoms with Crippen LogP contribution in [0, 0.1) is 0 Å². The highest BCUT2D eigenvalue weighted by Gasteiger charge is 2.22. The molecule has 0 aromatic heterocycles. The molecule has 26 heavy (non-hydrogen) atoms. The summed E-state index contributed by atoms with van der Waals surface area (Å²) in [5, 5.41) is 15.6. The number of methoxy groups -OCH3 is 1. The predicted octanol–water partition coefficient (Wildman–Crippen LogP) is 4.56. The molecule has 134 valence electrons. The first-order chi connectivity index (χ1) is 12.6. The molecule has 4 nitrogen and oxygen atoms in total. The van der Waals surface area contributed by atoms with Crippen molar-refractivity contribution in [1.82, 2.24) is 5.32 Å². The van der Waals surface area contributed by atoms with Gasteiger partial charge in [-0.15, -0.1) is 0 Å². The van der Waals surface area contributed by atoms with Crippen LogP contribution in [0.15, 0.2) is 60.7 Å². The van der Waals surface area contributed by atoms with Gasteiger partial charge in [0.05, 0.1) is 13.2 Å². The molecule has 3 rings (SSSR count). The number of aromatic hydroxyl groups is 1. The monoisotopic (exact) mass is 349 g/mol. The molecule has 0 fully saturated rings. The van der Waals surface area contributed by atoms with Gasteiger partial charge in [-0.05, 0) is 41.0 Å². The SMILES string of the molecule is CCCC(=O)N[C@H](c1ccc(OC)cc1)c1c(O)ccc2ccccc12. The minimum absolute atomic E-state index is 0.0411. The number of phenols is 1. The van der Waals surface area contributed by atoms with Gasteiger partial charge < -0.3 is 15.2 Å². The first kappa shape index (κ1) is 17.8. The van der Waals surface area contributed by atoms with Crippen LogP contribution < -0.4 is 10.1 Å². The molecule has 0 aliphatic carbocycles. The number of hydrogen-bond donors (Lipinski definition) is 2. The number of hydrogen-bond acceptors (Lipinski definition) is 3. The Hall–Kier alpha value is -3.01. The summed E-state index contributed by atoms with van der Waals surface area (Å²) >= 11 is 0. The first-order valence-corrected chi connectivity index (χ1v) is 8.78. The fourth-order valence-electron chi connectivity index (χ4n) is 3.17. The van der Waals surface area contributed by atoms with E-state index in [9.17, 15) is 9.90 Å². The molecule has 0 aliphatic heterocycles. The third-order valence-electron chi connectivity index (χ3n) is 4.47. The number of fused-ring (bicyclic) bond motifs is 1. The summed E-state index contributed by atoms with van der Waals surface area (Å²) in [6.45, 7) is 1.97. The van der Waals surface area contributed by atoms with Crippen molar-refractivity contribution in [2.75, 3.05) is 7.11 Å². The van der Waals surface area contributed by atoms with E-state index in [1.807, 2.05) is 61.5 Å². The Kier molecular flexibility index (Phi) is 5.42. The summed E-state index contributed by atoms with van der Waals surface area (Å²) in [6.07, 6.45) is 1.21. The minimum atomic E-state index is -0.439. The van der Waals surface area contributed by atoms with Crippen LogP contribution in [0.25, 0.3) is 10.8 Å². The van der Waals surface area contributed by atoms with Gasteiger partial charge in [0.2, 0.25) is 5.91 Å². The number of carbonyl (C=O) groups excluding carboxylic acids is 1. The number of ether oxygens (including phenoxy) is 1. The fraction of sp³-hybridized carbons (Fsp3) is 0.227. The van der Waals surface area contributed by atoms with Gasteiger partial charge >= 0.3 is 0 Å². The molecule has 0 bridgehead atoms. The van der Waals surface area contributed by atoms with Crippen molar-refractivity contribution in [3.63, 3.8) is 0 Å². The second-order valence-electron chi connectivity index (χ2n) is 6.24. The molecule has 1 atom stereocenters. The third-order valence-corrected chi connectivity index (χ3v) is 4.47. The molecule has 1 amide bonds. The molecule has 0 heterocycles. The van der Waals surface area contributed by atoms with Gasteiger partial charge in [-0.2, -0.15) is 0 Å². The maximum Gasteiger partial charge on any atom is 0.220 e. The zero-order chi connectivity index (χ0) is 18.5. The van der Waals surface area contributed by atoms with Crippen LogP contribution in [0.3, 0.4) is 0 Å². The van der Waals surface area contributed by atoms with Crippen LogP contribution in [-0.4, -0.2) is 18.1 Å². The Morgan fingerprint density at radius 1 is 1.08 bits per heavy atom. The maximum absolute atomic E-state index is 12.4. The van der Waals surface area contributed by atoms with Crippen LogP contribution in [0.4, 0.5) is 0 Å². The number of amides is 1. The summed E-state index contributed by atoms with van der Waals surface area (Å²) < 4.78 is 5.23. The lowest BCUT2D eigenvalue weighted by atomic mass is 9.92. The van der Waals surface area contributed by atoms with Crippen molar-refractivity contribution < 1.29 is 14.6 Å². The average Bonchev–Trinajstić information content (AvgIpc) is 2.67. The highest BCUT2D eigenvalue weighted by Crippen LogP contribution is 2.36. The van der Waals surface area contributed by atoms with Gasteiger partial charge in [0, 0.05) is 12.0 Å². The zero-order valence-corrected chi connectivity index (χ0v) is 15.0. The van der Waals surface area contributed by atoms with Gasteiger partial charge in [-0.25, -0.2) is 0 Å². The largest absolute Gasteiger partial charge is 0.508 e. The predicted molar refractivity (Wildman–Crippen MR) is 104 cm³/mol. The quantitative estimate of drug-likeness (QED) is 0.686. The maximum atomic E-state index is 12.4. The molecule has 3 aromatic carbocycles. The standard InChI is InChI=1S/C22H23NO3/c1-3-6-20(25)23-22(16-9-12-17(26-2)13-10-16)21-18-8-5-4-7-15(18)11-14-19(21)24/h4-5,7-14,22,24H,3,6H2,1-2H3,(H,23,25)/t22-/m1/s1. The topological polar surface area (TPSA) is 58.6 Å². The van der Waals surface area contributed by atoms with E-state index in [4.69, 9.17) is 4.74 Å². The Morgan fingerprint density at radius 3 is 2.50 bits per heavy atom. The van der Waals surface area contributed by atoms with E-state index in [1.54, 1.807) is 13.2 Å². The Balaban J connectivity index is 2.13. The van der Waals surface area contributed by atoms with E-state index in [0.29, 0.717) is 12.0 Å². The van der Waals surface area contributed by atoms with Gasteiger partial charge in [0.25, 0.3) is 0 Å². The smallest absolute Gasteiger partial charge is 0.220 e. The molecule has 0 radical (unpaired) electrons. The van der Waals surface area contributed by atoms with Crippen LogP contribution in [-0.2, 0) is 4.79 Å². The van der Waals surface area contributed by atoms with Crippen LogP contribution in [0.5, 0.6) is 11.5 Å². The summed E-state index contributed by atoms with van der Waals surface area (Å²) in [6, 6.07) is 18.5. The van der Waals surface area contributed by atoms with Gasteiger partial charge in [-0.1, -0.05) is 49.4 Å². The summed E-state index contributed by atoms with van der Waals surface area (Å²) in [4.78, 5) is 12.4. The van der Waals surface area contributed by atoms with Crippen molar-refractivity contribution in [2.24, 2.45) is 0 Å². The van der Waals surface area contributed by atoms with Crippen molar-refractivity contribution in [3.05, 3.63) is 71.8 Å². The van der Waals surface area contributed by atoms with Gasteiger partial charge in [0.1, 0.15) is 11.5 Å². The molecule has 4 heteroatoms. The third kappa shape index (κ3) is 3.64. The molecular formula is C22H23NO3. The number of nitrogens with one attached hydrogen (secondary N) is 1. The van der Waals surface area contributed by atoms with E-state index in [1.165, 1.54) is 0 Å². The zero-order valence-electron chi connectivity index (χ0n) is 15.0. The normalized spacial score (nSPS) is 11.9. The number of carbonyl (C=O) groups is 1. The van der Waals surface area contributed by atoms with Crippen molar-refractivity contribution in [1.29, 1.82) is 0 Å². The molecule has 3 aromatic rings. The number of phenolic OH excluding ortho intramolecular Hbond substituents is 1. The van der Waals surface area contributed by atoms with E-state index < -0.39 is 6.04 Å². The second-order valence-corrected chi connectivity index (χ2v) is 6.24. The van der Waals surface area contributed by atoms with Crippen molar-refractivity contribution in [2.45, 2.75) is 25.8 Å². The highest BCUT2D eigenvalue weighted by molar-refractivity contribution is 5.89. The lowest BCUT2D eigenvalue weighted by Crippen LogP contribution is -2.29. The van der Waals surface area contributed by atoms with Crippen molar-refractivity contribution >= 4 is 16.7 Å². The van der Waals surface area contributed by atoms with Gasteiger partial charge in [0.15, 0.2) is 0 Å². The highest BCUT2D eigenvalue weighted by atomic mass is 16.5. The van der Waals surface area contributed by atoms with Crippen LogP contribution in [0.2, 0.25) is 0 Å². The Morgan fingerprint density at radius 2 is 1.81 bits per heavy atom. The van der Waals surface area contributed by atoms with E-state index >= 15 is 0 Å². The molecule has 0 aliphatic rings. The Labute approximate surface area is 153 Å². The molecular weight excluding hydrogens is 326 g/mol. The summed E-state index contributed by atoms with van der Waals surface area (Å²) in [7, 11) is 1.62. The number of rotatable bonds is 6.